The minimum atomic E-state index is -0.464. The minimum Gasteiger partial charge on any atom is -0.342 e. The molecule has 22 heavy (non-hydrogen) atoms. The molecular formula is C15H24N4O2S. The van der Waals surface area contributed by atoms with Gasteiger partial charge < -0.3 is 16.0 Å². The smallest absolute Gasteiger partial charge is 0.231 e. The Labute approximate surface area is 135 Å². The van der Waals surface area contributed by atoms with Crippen LogP contribution in [0.25, 0.3) is 0 Å². The first-order valence-electron chi connectivity index (χ1n) is 7.53. The summed E-state index contributed by atoms with van der Waals surface area (Å²) in [4.78, 5) is 30.3. The summed E-state index contributed by atoms with van der Waals surface area (Å²) in [5, 5.41) is 5.16. The van der Waals surface area contributed by atoms with Crippen molar-refractivity contribution in [3.8, 4) is 0 Å². The predicted molar refractivity (Wildman–Crippen MR) is 87.6 cm³/mol. The minimum absolute atomic E-state index is 0.0787. The first-order valence-corrected chi connectivity index (χ1v) is 8.41. The molecule has 2 heterocycles. The molecule has 3 N–H and O–H groups in total. The maximum Gasteiger partial charge on any atom is 0.231 e. The number of nitrogens with two attached hydrogens (primary N) is 1. The highest BCUT2D eigenvalue weighted by Crippen LogP contribution is 2.22. The van der Waals surface area contributed by atoms with Gasteiger partial charge in [-0.3, -0.25) is 9.59 Å². The molecule has 0 spiro atoms. The van der Waals surface area contributed by atoms with E-state index >= 15 is 0 Å². The Morgan fingerprint density at radius 2 is 2.23 bits per heavy atom. The fourth-order valence-electron chi connectivity index (χ4n) is 2.25. The van der Waals surface area contributed by atoms with Gasteiger partial charge in [-0.05, 0) is 18.9 Å². The van der Waals surface area contributed by atoms with Crippen LogP contribution in [0.5, 0.6) is 0 Å². The molecule has 122 valence electrons. The van der Waals surface area contributed by atoms with Gasteiger partial charge in [0, 0.05) is 23.9 Å². The zero-order valence-electron chi connectivity index (χ0n) is 13.4. The summed E-state index contributed by atoms with van der Waals surface area (Å²) >= 11 is 1.35. The second kappa shape index (κ2) is 6.75. The summed E-state index contributed by atoms with van der Waals surface area (Å²) in [7, 11) is 0. The molecule has 1 aliphatic rings. The number of nitrogens with one attached hydrogen (secondary N) is 1. The molecular weight excluding hydrogens is 300 g/mol. The third-order valence-corrected chi connectivity index (χ3v) is 4.56. The van der Waals surface area contributed by atoms with Crippen LogP contribution in [0.1, 0.15) is 32.9 Å². The Balaban J connectivity index is 1.89. The average molecular weight is 324 g/mol. The summed E-state index contributed by atoms with van der Waals surface area (Å²) < 4.78 is 0. The van der Waals surface area contributed by atoms with Crippen LogP contribution < -0.4 is 11.1 Å². The molecule has 1 fully saturated rings. The van der Waals surface area contributed by atoms with Crippen molar-refractivity contribution >= 4 is 28.3 Å². The van der Waals surface area contributed by atoms with Crippen LogP contribution in [-0.4, -0.2) is 41.3 Å². The topological polar surface area (TPSA) is 88.3 Å². The second-order valence-corrected chi connectivity index (χ2v) is 7.61. The maximum absolute atomic E-state index is 12.2. The maximum atomic E-state index is 12.2. The highest BCUT2D eigenvalue weighted by atomic mass is 32.1. The molecule has 2 amide bonds. The summed E-state index contributed by atoms with van der Waals surface area (Å²) in [6.07, 6.45) is 1.26. The summed E-state index contributed by atoms with van der Waals surface area (Å²) in [5.41, 5.74) is 5.88. The van der Waals surface area contributed by atoms with Gasteiger partial charge in [-0.15, -0.1) is 11.3 Å². The monoisotopic (exact) mass is 324 g/mol. The molecule has 0 aromatic carbocycles. The van der Waals surface area contributed by atoms with E-state index in [1.807, 2.05) is 31.1 Å². The lowest BCUT2D eigenvalue weighted by molar-refractivity contribution is -0.129. The van der Waals surface area contributed by atoms with Crippen molar-refractivity contribution in [3.05, 3.63) is 11.1 Å². The van der Waals surface area contributed by atoms with Gasteiger partial charge in [0.25, 0.3) is 0 Å². The first kappa shape index (κ1) is 16.9. The molecule has 0 radical (unpaired) electrons. The number of hydrogen-bond donors (Lipinski definition) is 2. The Hall–Kier alpha value is -1.47. The van der Waals surface area contributed by atoms with Crippen LogP contribution in [-0.2, 0) is 16.0 Å². The van der Waals surface area contributed by atoms with E-state index in [9.17, 15) is 9.59 Å². The second-order valence-electron chi connectivity index (χ2n) is 6.76. The summed E-state index contributed by atoms with van der Waals surface area (Å²) in [6.45, 7) is 7.69. The average Bonchev–Trinajstić information content (AvgIpc) is 3.06. The number of aromatic nitrogens is 1. The number of thiazole rings is 1. The van der Waals surface area contributed by atoms with Gasteiger partial charge in [-0.1, -0.05) is 20.8 Å². The highest BCUT2D eigenvalue weighted by Gasteiger charge is 2.26. The third-order valence-electron chi connectivity index (χ3n) is 3.76. The molecule has 0 saturated carbocycles. The van der Waals surface area contributed by atoms with Crippen LogP contribution in [0, 0.1) is 11.3 Å². The number of amides is 2. The summed E-state index contributed by atoms with van der Waals surface area (Å²) in [5.74, 6) is 0.418. The van der Waals surface area contributed by atoms with Crippen molar-refractivity contribution in [1.29, 1.82) is 0 Å². The predicted octanol–water partition coefficient (Wildman–Crippen LogP) is 1.48. The Kier molecular flexibility index (Phi) is 5.18. The number of nitrogens with zero attached hydrogens (tertiary/aromatic N) is 2. The quantitative estimate of drug-likeness (QED) is 0.878. The van der Waals surface area contributed by atoms with Gasteiger partial charge in [-0.25, -0.2) is 4.98 Å². The molecule has 1 aliphatic heterocycles. The standard InChI is InChI=1S/C15H24N4O2S/c1-15(2,3)13(21)18-14-17-11(9-22-14)6-12(20)19-5-4-10(7-16)8-19/h9-10H,4-8,16H2,1-3H3,(H,17,18,21). The molecule has 1 atom stereocenters. The number of rotatable bonds is 4. The van der Waals surface area contributed by atoms with E-state index in [1.54, 1.807) is 0 Å². The lowest BCUT2D eigenvalue weighted by Gasteiger charge is -2.16. The molecule has 6 nitrogen and oxygen atoms in total. The van der Waals surface area contributed by atoms with Gasteiger partial charge in [0.15, 0.2) is 5.13 Å². The molecule has 1 aromatic heterocycles. The lowest BCUT2D eigenvalue weighted by atomic mass is 9.96. The van der Waals surface area contributed by atoms with Gasteiger partial charge in [0.2, 0.25) is 11.8 Å². The van der Waals surface area contributed by atoms with Crippen molar-refractivity contribution in [2.75, 3.05) is 25.0 Å². The van der Waals surface area contributed by atoms with Crippen LogP contribution >= 0.6 is 11.3 Å². The Bertz CT molecular complexity index is 550. The van der Waals surface area contributed by atoms with Crippen LogP contribution in [0.15, 0.2) is 5.38 Å². The molecule has 7 heteroatoms. The van der Waals surface area contributed by atoms with E-state index in [-0.39, 0.29) is 18.2 Å². The molecule has 1 saturated heterocycles. The van der Waals surface area contributed by atoms with E-state index in [0.29, 0.717) is 23.3 Å². The SMILES string of the molecule is CC(C)(C)C(=O)Nc1nc(CC(=O)N2CCC(CN)C2)cs1. The number of anilines is 1. The molecule has 0 aliphatic carbocycles. The van der Waals surface area contributed by atoms with E-state index in [1.165, 1.54) is 11.3 Å². The third kappa shape index (κ3) is 4.27. The van der Waals surface area contributed by atoms with Crippen LogP contribution in [0.4, 0.5) is 5.13 Å². The van der Waals surface area contributed by atoms with Gasteiger partial charge >= 0.3 is 0 Å². The molecule has 0 bridgehead atoms. The number of likely N-dealkylation sites (tertiary alicyclic amines) is 1. The zero-order chi connectivity index (χ0) is 16.3. The van der Waals surface area contributed by atoms with Crippen molar-refractivity contribution in [2.45, 2.75) is 33.6 Å². The normalized spacial score (nSPS) is 18.5. The van der Waals surface area contributed by atoms with Gasteiger partial charge in [0.05, 0.1) is 12.1 Å². The fraction of sp³-hybridized carbons (Fsp3) is 0.667. The van der Waals surface area contributed by atoms with Crippen molar-refractivity contribution < 1.29 is 9.59 Å². The van der Waals surface area contributed by atoms with E-state index in [2.05, 4.69) is 10.3 Å². The Morgan fingerprint density at radius 3 is 2.82 bits per heavy atom. The van der Waals surface area contributed by atoms with Crippen LogP contribution in [0.3, 0.4) is 0 Å². The van der Waals surface area contributed by atoms with E-state index in [4.69, 9.17) is 5.73 Å². The van der Waals surface area contributed by atoms with E-state index in [0.717, 1.165) is 19.5 Å². The van der Waals surface area contributed by atoms with Gasteiger partial charge in [0.1, 0.15) is 0 Å². The van der Waals surface area contributed by atoms with Crippen molar-refractivity contribution in [2.24, 2.45) is 17.1 Å². The Morgan fingerprint density at radius 1 is 1.50 bits per heavy atom. The lowest BCUT2D eigenvalue weighted by Crippen LogP contribution is -2.31. The first-order chi connectivity index (χ1) is 10.3. The fourth-order valence-corrected chi connectivity index (χ4v) is 2.95. The zero-order valence-corrected chi connectivity index (χ0v) is 14.2. The summed E-state index contributed by atoms with van der Waals surface area (Å²) in [6, 6.07) is 0. The number of hydrogen-bond acceptors (Lipinski definition) is 5. The van der Waals surface area contributed by atoms with Crippen LogP contribution in [0.2, 0.25) is 0 Å². The van der Waals surface area contributed by atoms with E-state index < -0.39 is 5.41 Å². The number of carbonyl (C=O) groups is 2. The van der Waals surface area contributed by atoms with Crippen molar-refractivity contribution in [3.63, 3.8) is 0 Å². The van der Waals surface area contributed by atoms with Gasteiger partial charge in [-0.2, -0.15) is 0 Å². The van der Waals surface area contributed by atoms with Crippen molar-refractivity contribution in [1.82, 2.24) is 9.88 Å². The largest absolute Gasteiger partial charge is 0.342 e. The highest BCUT2D eigenvalue weighted by molar-refractivity contribution is 7.13. The number of carbonyl (C=O) groups excluding carboxylic acids is 2. The molecule has 2 rings (SSSR count). The molecule has 1 aromatic rings. The molecule has 1 unspecified atom stereocenters.